The van der Waals surface area contributed by atoms with E-state index >= 15 is 0 Å². The highest BCUT2D eigenvalue weighted by atomic mass is 32.2. The van der Waals surface area contributed by atoms with Gasteiger partial charge in [0, 0.05) is 18.6 Å². The van der Waals surface area contributed by atoms with Gasteiger partial charge < -0.3 is 4.55 Å². The minimum absolute atomic E-state index is 0.200. The van der Waals surface area contributed by atoms with Crippen LogP contribution in [0.1, 0.15) is 26.3 Å². The zero-order valence-corrected chi connectivity index (χ0v) is 12.8. The summed E-state index contributed by atoms with van der Waals surface area (Å²) >= 11 is 0. The summed E-state index contributed by atoms with van der Waals surface area (Å²) in [7, 11) is -3.95. The Morgan fingerprint density at radius 1 is 1.19 bits per heavy atom. The Bertz CT molecular complexity index is 676. The van der Waals surface area contributed by atoms with Crippen molar-refractivity contribution in [2.45, 2.75) is 31.7 Å². The van der Waals surface area contributed by atoms with Crippen LogP contribution < -0.4 is 0 Å². The summed E-state index contributed by atoms with van der Waals surface area (Å²) in [6.07, 6.45) is 0. The molecular formula is C13H16F3NO3S. The monoisotopic (exact) mass is 323 g/mol. The minimum atomic E-state index is -6.09. The summed E-state index contributed by atoms with van der Waals surface area (Å²) in [4.78, 5) is 0. The Morgan fingerprint density at radius 2 is 1.62 bits per heavy atom. The molecule has 0 N–H and O–H groups in total. The fourth-order valence-electron chi connectivity index (χ4n) is 2.09. The topological polar surface area (TPSA) is 60.2 Å². The van der Waals surface area contributed by atoms with Gasteiger partial charge in [0.15, 0.2) is 15.8 Å². The van der Waals surface area contributed by atoms with Crippen molar-refractivity contribution in [2.24, 2.45) is 0 Å². The third-order valence-corrected chi connectivity index (χ3v) is 4.20. The number of halogens is 3. The third-order valence-electron chi connectivity index (χ3n) is 3.63. The van der Waals surface area contributed by atoms with Crippen LogP contribution in [-0.2, 0) is 15.5 Å². The molecule has 0 unspecified atom stereocenters. The van der Waals surface area contributed by atoms with Crippen molar-refractivity contribution < 1.29 is 30.7 Å². The lowest BCUT2D eigenvalue weighted by molar-refractivity contribution is -0.403. The quantitative estimate of drug-likeness (QED) is 0.419. The molecular weight excluding hydrogens is 307 g/mol. The first kappa shape index (κ1) is 17.6. The molecule has 118 valence electrons. The van der Waals surface area contributed by atoms with Crippen molar-refractivity contribution in [3.8, 4) is 0 Å². The van der Waals surface area contributed by atoms with E-state index in [1.54, 1.807) is 0 Å². The maximum absolute atomic E-state index is 10.7. The zero-order valence-electron chi connectivity index (χ0n) is 12.0. The molecule has 0 aliphatic carbocycles. The summed E-state index contributed by atoms with van der Waals surface area (Å²) in [5.74, 6) is 0. The van der Waals surface area contributed by atoms with Gasteiger partial charge in [0.05, 0.1) is 5.41 Å². The fraction of sp³-hybridized carbons (Fsp3) is 0.462. The van der Waals surface area contributed by atoms with Crippen LogP contribution in [0.25, 0.3) is 0 Å². The van der Waals surface area contributed by atoms with E-state index in [0.29, 0.717) is 0 Å². The number of benzene rings is 1. The van der Waals surface area contributed by atoms with Crippen molar-refractivity contribution in [1.82, 2.24) is 0 Å². The number of rotatable bonds is 0. The summed E-state index contributed by atoms with van der Waals surface area (Å²) in [5.41, 5.74) is -1.23. The molecule has 0 aromatic heterocycles. The highest BCUT2D eigenvalue weighted by molar-refractivity contribution is 7.86. The predicted octanol–water partition coefficient (Wildman–Crippen LogP) is 2.76. The van der Waals surface area contributed by atoms with Crippen molar-refractivity contribution in [2.75, 3.05) is 7.05 Å². The molecule has 0 saturated carbocycles. The van der Waals surface area contributed by atoms with E-state index in [2.05, 4.69) is 56.7 Å². The van der Waals surface area contributed by atoms with Gasteiger partial charge >= 0.3 is 5.51 Å². The first-order valence-corrected chi connectivity index (χ1v) is 7.40. The Kier molecular flexibility index (Phi) is 4.55. The summed E-state index contributed by atoms with van der Waals surface area (Å²) < 4.78 is 61.2. The van der Waals surface area contributed by atoms with Gasteiger partial charge in [-0.2, -0.15) is 13.2 Å². The number of para-hydroxylation sites is 1. The standard InChI is InChI=1S/C12H16N.CHF3O3S/c1-9-12(2,3)10-7-5-6-8-11(10)13(9)4;2-1(3,4)8(5,6)7/h5-8H,1-4H3;(H,5,6,7)/q+1;/p-1. The molecule has 0 spiro atoms. The molecule has 0 bridgehead atoms. The van der Waals surface area contributed by atoms with Crippen LogP contribution in [0.3, 0.4) is 0 Å². The Labute approximate surface area is 121 Å². The van der Waals surface area contributed by atoms with E-state index in [4.69, 9.17) is 13.0 Å². The lowest BCUT2D eigenvalue weighted by Crippen LogP contribution is -2.25. The molecule has 4 nitrogen and oxygen atoms in total. The Morgan fingerprint density at radius 3 is 2.00 bits per heavy atom. The number of fused-ring (bicyclic) bond motifs is 1. The number of alkyl halides is 3. The van der Waals surface area contributed by atoms with Gasteiger partial charge in [0.1, 0.15) is 7.05 Å². The van der Waals surface area contributed by atoms with Gasteiger partial charge in [-0.05, 0) is 13.8 Å². The predicted molar refractivity (Wildman–Crippen MR) is 71.7 cm³/mol. The largest absolute Gasteiger partial charge is 0.741 e. The summed E-state index contributed by atoms with van der Waals surface area (Å²) in [5, 5.41) is 0. The molecule has 8 heteroatoms. The molecule has 1 aromatic rings. The molecule has 1 aliphatic heterocycles. The first-order valence-electron chi connectivity index (χ1n) is 5.99. The second kappa shape index (κ2) is 5.42. The molecule has 0 fully saturated rings. The maximum atomic E-state index is 10.7. The van der Waals surface area contributed by atoms with Crippen LogP contribution in [0, 0.1) is 0 Å². The number of hydrogen-bond acceptors (Lipinski definition) is 3. The van der Waals surface area contributed by atoms with E-state index in [1.165, 1.54) is 17.0 Å². The van der Waals surface area contributed by atoms with Crippen molar-refractivity contribution in [3.05, 3.63) is 29.8 Å². The molecule has 1 aliphatic rings. The molecule has 1 aromatic carbocycles. The van der Waals surface area contributed by atoms with Gasteiger partial charge in [0.25, 0.3) is 0 Å². The number of nitrogens with zero attached hydrogens (tertiary/aromatic N) is 1. The average molecular weight is 323 g/mol. The zero-order chi connectivity index (χ0) is 16.6. The highest BCUT2D eigenvalue weighted by Crippen LogP contribution is 2.38. The summed E-state index contributed by atoms with van der Waals surface area (Å²) in [6.45, 7) is 6.77. The smallest absolute Gasteiger partial charge is 0.485 e. The van der Waals surface area contributed by atoms with Gasteiger partial charge in [-0.3, -0.25) is 0 Å². The van der Waals surface area contributed by atoms with E-state index in [9.17, 15) is 13.2 Å². The molecule has 2 rings (SSSR count). The van der Waals surface area contributed by atoms with Gasteiger partial charge in [-0.25, -0.2) is 13.0 Å². The molecule has 0 atom stereocenters. The lowest BCUT2D eigenvalue weighted by atomic mass is 9.82. The normalized spacial score (nSPS) is 17.1. The van der Waals surface area contributed by atoms with Crippen molar-refractivity contribution >= 4 is 21.5 Å². The van der Waals surface area contributed by atoms with Crippen molar-refractivity contribution in [3.63, 3.8) is 0 Å². The lowest BCUT2D eigenvalue weighted by Gasteiger charge is -2.14. The van der Waals surface area contributed by atoms with Gasteiger partial charge in [-0.15, -0.1) is 0 Å². The molecule has 0 radical (unpaired) electrons. The van der Waals surface area contributed by atoms with Crippen LogP contribution in [0.5, 0.6) is 0 Å². The van der Waals surface area contributed by atoms with E-state index in [1.807, 2.05) is 0 Å². The van der Waals surface area contributed by atoms with Crippen LogP contribution in [0.2, 0.25) is 0 Å². The van der Waals surface area contributed by atoms with E-state index in [0.717, 1.165) is 0 Å². The average Bonchev–Trinajstić information content (AvgIpc) is 2.50. The maximum Gasteiger partial charge on any atom is 0.485 e. The van der Waals surface area contributed by atoms with E-state index < -0.39 is 15.6 Å². The first-order chi connectivity index (χ1) is 9.30. The SMILES string of the molecule is CC1=[N+](C)c2ccccc2C1(C)C.O=S(=O)([O-])C(F)(F)F. The molecule has 0 amide bonds. The molecule has 0 saturated heterocycles. The van der Waals surface area contributed by atoms with Crippen LogP contribution in [0.4, 0.5) is 18.9 Å². The van der Waals surface area contributed by atoms with Gasteiger partial charge in [0.2, 0.25) is 5.69 Å². The minimum Gasteiger partial charge on any atom is -0.741 e. The van der Waals surface area contributed by atoms with Crippen LogP contribution in [-0.4, -0.2) is 35.8 Å². The second-order valence-electron chi connectivity index (χ2n) is 5.19. The summed E-state index contributed by atoms with van der Waals surface area (Å²) in [6, 6.07) is 8.63. The highest BCUT2D eigenvalue weighted by Gasteiger charge is 2.40. The third kappa shape index (κ3) is 3.44. The fourth-order valence-corrected chi connectivity index (χ4v) is 2.09. The van der Waals surface area contributed by atoms with Crippen LogP contribution >= 0.6 is 0 Å². The number of hydrogen-bond donors (Lipinski definition) is 0. The molecule has 1 heterocycles. The molecule has 21 heavy (non-hydrogen) atoms. The van der Waals surface area contributed by atoms with Crippen molar-refractivity contribution in [1.29, 1.82) is 0 Å². The Hall–Kier alpha value is -1.41. The van der Waals surface area contributed by atoms with E-state index in [-0.39, 0.29) is 5.41 Å². The van der Waals surface area contributed by atoms with Crippen LogP contribution in [0.15, 0.2) is 24.3 Å². The Balaban J connectivity index is 0.000000240. The van der Waals surface area contributed by atoms with Gasteiger partial charge in [-0.1, -0.05) is 18.2 Å². The second-order valence-corrected chi connectivity index (χ2v) is 6.56.